The first-order valence-electron chi connectivity index (χ1n) is 10.0. The van der Waals surface area contributed by atoms with Crippen molar-refractivity contribution in [3.63, 3.8) is 0 Å². The molecule has 3 nitrogen and oxygen atoms in total. The molecule has 0 unspecified atom stereocenters. The van der Waals surface area contributed by atoms with Crippen LogP contribution in [0.4, 0.5) is 0 Å². The third kappa shape index (κ3) is 12.9. The van der Waals surface area contributed by atoms with E-state index in [-0.39, 0.29) is 0 Å². The molecule has 0 aliphatic heterocycles. The maximum atomic E-state index is 5.76. The van der Waals surface area contributed by atoms with Crippen LogP contribution in [0.2, 0.25) is 0 Å². The molecule has 0 aromatic carbocycles. The summed E-state index contributed by atoms with van der Waals surface area (Å²) in [4.78, 5) is 0. The molecular formula is C20H42O3. The lowest BCUT2D eigenvalue weighted by molar-refractivity contribution is -0.380. The molecule has 0 N–H and O–H groups in total. The van der Waals surface area contributed by atoms with E-state index in [1.54, 1.807) is 0 Å². The zero-order chi connectivity index (χ0) is 17.4. The van der Waals surface area contributed by atoms with Crippen molar-refractivity contribution in [1.29, 1.82) is 0 Å². The van der Waals surface area contributed by atoms with Gasteiger partial charge in [-0.2, -0.15) is 0 Å². The van der Waals surface area contributed by atoms with E-state index in [2.05, 4.69) is 13.8 Å². The van der Waals surface area contributed by atoms with Gasteiger partial charge in [0.25, 0.3) is 5.97 Å². The van der Waals surface area contributed by atoms with E-state index in [9.17, 15) is 0 Å². The van der Waals surface area contributed by atoms with Gasteiger partial charge in [0.1, 0.15) is 0 Å². The van der Waals surface area contributed by atoms with Crippen LogP contribution >= 0.6 is 0 Å². The van der Waals surface area contributed by atoms with Gasteiger partial charge in [0.2, 0.25) is 0 Å². The Balaban J connectivity index is 3.69. The normalized spacial score (nSPS) is 12.3. The Morgan fingerprint density at radius 1 is 0.609 bits per heavy atom. The van der Waals surface area contributed by atoms with Gasteiger partial charge in [-0.25, -0.2) is 0 Å². The summed E-state index contributed by atoms with van der Waals surface area (Å²) < 4.78 is 17.3. The highest BCUT2D eigenvalue weighted by molar-refractivity contribution is 4.59. The van der Waals surface area contributed by atoms with Crippen molar-refractivity contribution in [2.24, 2.45) is 5.92 Å². The van der Waals surface area contributed by atoms with Crippen LogP contribution in [0.5, 0.6) is 0 Å². The molecule has 0 aromatic rings. The molecule has 0 aliphatic rings. The molecule has 0 aromatic heterocycles. The Bertz CT molecular complexity index is 224. The fourth-order valence-corrected chi connectivity index (χ4v) is 2.96. The molecule has 0 spiro atoms. The van der Waals surface area contributed by atoms with E-state index < -0.39 is 5.97 Å². The average molecular weight is 331 g/mol. The minimum absolute atomic E-state index is 0.621. The van der Waals surface area contributed by atoms with Gasteiger partial charge >= 0.3 is 0 Å². The SMILES string of the molecule is CCOC(CCCCCCCCCCC(C)C)(OCC)OCC. The molecular weight excluding hydrogens is 288 g/mol. The summed E-state index contributed by atoms with van der Waals surface area (Å²) in [6, 6.07) is 0. The van der Waals surface area contributed by atoms with Gasteiger partial charge in [0.15, 0.2) is 0 Å². The first-order chi connectivity index (χ1) is 11.1. The molecule has 140 valence electrons. The van der Waals surface area contributed by atoms with Gasteiger partial charge in [-0.3, -0.25) is 0 Å². The van der Waals surface area contributed by atoms with Gasteiger partial charge < -0.3 is 14.2 Å². The molecule has 0 amide bonds. The van der Waals surface area contributed by atoms with Gasteiger partial charge in [0.05, 0.1) is 0 Å². The minimum atomic E-state index is -0.810. The molecule has 23 heavy (non-hydrogen) atoms. The van der Waals surface area contributed by atoms with Crippen molar-refractivity contribution >= 4 is 0 Å². The predicted molar refractivity (Wildman–Crippen MR) is 98.6 cm³/mol. The van der Waals surface area contributed by atoms with Crippen LogP contribution in [-0.4, -0.2) is 25.8 Å². The highest BCUT2D eigenvalue weighted by Gasteiger charge is 2.31. The smallest absolute Gasteiger partial charge is 0.282 e. The zero-order valence-electron chi connectivity index (χ0n) is 16.5. The highest BCUT2D eigenvalue weighted by atomic mass is 16.9. The van der Waals surface area contributed by atoms with Crippen LogP contribution in [0, 0.1) is 5.92 Å². The third-order valence-electron chi connectivity index (χ3n) is 4.11. The summed E-state index contributed by atoms with van der Waals surface area (Å²) in [5.41, 5.74) is 0. The molecule has 0 bridgehead atoms. The molecule has 0 radical (unpaired) electrons. The summed E-state index contributed by atoms with van der Waals surface area (Å²) in [7, 11) is 0. The summed E-state index contributed by atoms with van der Waals surface area (Å²) in [5, 5.41) is 0. The molecule has 0 fully saturated rings. The average Bonchev–Trinajstić information content (AvgIpc) is 2.49. The molecule has 0 aliphatic carbocycles. The van der Waals surface area contributed by atoms with Crippen LogP contribution in [0.1, 0.15) is 98.8 Å². The molecule has 0 atom stereocenters. The predicted octanol–water partition coefficient (Wildman–Crippen LogP) is 6.31. The Morgan fingerprint density at radius 3 is 1.39 bits per heavy atom. The van der Waals surface area contributed by atoms with E-state index in [0.29, 0.717) is 19.8 Å². The number of hydrogen-bond acceptors (Lipinski definition) is 3. The van der Waals surface area contributed by atoms with Crippen LogP contribution in [-0.2, 0) is 14.2 Å². The Labute approximate surface area is 145 Å². The maximum Gasteiger partial charge on any atom is 0.282 e. The van der Waals surface area contributed by atoms with E-state index in [1.165, 1.54) is 51.4 Å². The van der Waals surface area contributed by atoms with Crippen LogP contribution in [0.15, 0.2) is 0 Å². The Morgan fingerprint density at radius 2 is 1.00 bits per heavy atom. The highest BCUT2D eigenvalue weighted by Crippen LogP contribution is 2.24. The summed E-state index contributed by atoms with van der Waals surface area (Å²) in [5.74, 6) is 0.0473. The topological polar surface area (TPSA) is 27.7 Å². The number of rotatable bonds is 17. The number of hydrogen-bond donors (Lipinski definition) is 0. The van der Waals surface area contributed by atoms with Gasteiger partial charge in [0, 0.05) is 26.2 Å². The second kappa shape index (κ2) is 15.4. The lowest BCUT2D eigenvalue weighted by Crippen LogP contribution is -2.39. The van der Waals surface area contributed by atoms with E-state index in [1.807, 2.05) is 20.8 Å². The first kappa shape index (κ1) is 22.9. The van der Waals surface area contributed by atoms with Crippen molar-refractivity contribution in [2.75, 3.05) is 19.8 Å². The fraction of sp³-hybridized carbons (Fsp3) is 1.00. The Hall–Kier alpha value is -0.120. The minimum Gasteiger partial charge on any atom is -0.328 e. The molecule has 3 heteroatoms. The van der Waals surface area contributed by atoms with Gasteiger partial charge in [-0.15, -0.1) is 0 Å². The van der Waals surface area contributed by atoms with E-state index in [4.69, 9.17) is 14.2 Å². The molecule has 0 saturated heterocycles. The van der Waals surface area contributed by atoms with Crippen LogP contribution in [0.3, 0.4) is 0 Å². The van der Waals surface area contributed by atoms with Crippen molar-refractivity contribution in [3.8, 4) is 0 Å². The van der Waals surface area contributed by atoms with E-state index >= 15 is 0 Å². The van der Waals surface area contributed by atoms with Crippen LogP contribution < -0.4 is 0 Å². The fourth-order valence-electron chi connectivity index (χ4n) is 2.96. The lowest BCUT2D eigenvalue weighted by Gasteiger charge is -2.32. The quantitative estimate of drug-likeness (QED) is 0.231. The van der Waals surface area contributed by atoms with Crippen molar-refractivity contribution < 1.29 is 14.2 Å². The summed E-state index contributed by atoms with van der Waals surface area (Å²) in [6.45, 7) is 12.5. The second-order valence-electron chi connectivity index (χ2n) is 6.74. The number of unbranched alkanes of at least 4 members (excludes halogenated alkanes) is 7. The standard InChI is InChI=1S/C20H42O3/c1-6-21-20(22-7-2,23-8-3)18-16-14-12-10-9-11-13-15-17-19(4)5/h19H,6-18H2,1-5H3. The Kier molecular flexibility index (Phi) is 15.3. The molecule has 0 heterocycles. The van der Waals surface area contributed by atoms with Gasteiger partial charge in [-0.1, -0.05) is 65.2 Å². The molecule has 0 saturated carbocycles. The van der Waals surface area contributed by atoms with Crippen molar-refractivity contribution in [2.45, 2.75) is 105 Å². The summed E-state index contributed by atoms with van der Waals surface area (Å²) in [6.07, 6.45) is 12.8. The zero-order valence-corrected chi connectivity index (χ0v) is 16.5. The monoisotopic (exact) mass is 330 g/mol. The first-order valence-corrected chi connectivity index (χ1v) is 10.0. The lowest BCUT2D eigenvalue weighted by atomic mass is 10.0. The second-order valence-corrected chi connectivity index (χ2v) is 6.74. The van der Waals surface area contributed by atoms with Crippen molar-refractivity contribution in [3.05, 3.63) is 0 Å². The number of ether oxygens (including phenoxy) is 3. The largest absolute Gasteiger partial charge is 0.328 e. The third-order valence-corrected chi connectivity index (χ3v) is 4.11. The van der Waals surface area contributed by atoms with Crippen molar-refractivity contribution in [1.82, 2.24) is 0 Å². The summed E-state index contributed by atoms with van der Waals surface area (Å²) >= 11 is 0. The van der Waals surface area contributed by atoms with E-state index in [0.717, 1.165) is 18.8 Å². The van der Waals surface area contributed by atoms with Crippen LogP contribution in [0.25, 0.3) is 0 Å². The van der Waals surface area contributed by atoms with Gasteiger partial charge in [-0.05, 0) is 33.1 Å². The maximum absolute atomic E-state index is 5.76. The molecule has 0 rings (SSSR count).